The summed E-state index contributed by atoms with van der Waals surface area (Å²) in [4.78, 5) is 38.8. The van der Waals surface area contributed by atoms with Crippen LogP contribution in [0.3, 0.4) is 0 Å². The Kier molecular flexibility index (Phi) is 7.68. The summed E-state index contributed by atoms with van der Waals surface area (Å²) < 4.78 is 27.4. The lowest BCUT2D eigenvalue weighted by Gasteiger charge is -2.06. The van der Waals surface area contributed by atoms with Gasteiger partial charge in [0.15, 0.2) is 18.3 Å². The molecule has 27 heavy (non-hydrogen) atoms. The van der Waals surface area contributed by atoms with Crippen molar-refractivity contribution >= 4 is 34.3 Å². The minimum absolute atomic E-state index is 0.00984. The molecule has 0 aliphatic heterocycles. The van der Waals surface area contributed by atoms with E-state index >= 15 is 0 Å². The highest BCUT2D eigenvalue weighted by atomic mass is 32.1. The number of hydrogen-bond acceptors (Lipinski definition) is 8. The lowest BCUT2D eigenvalue weighted by atomic mass is 10.3. The summed E-state index contributed by atoms with van der Waals surface area (Å²) in [5, 5.41) is 4.36. The van der Waals surface area contributed by atoms with Crippen molar-refractivity contribution in [3.63, 3.8) is 0 Å². The Labute approximate surface area is 158 Å². The number of carbonyl (C=O) groups is 3. The quantitative estimate of drug-likeness (QED) is 0.646. The van der Waals surface area contributed by atoms with E-state index in [4.69, 9.17) is 14.2 Å². The maximum absolute atomic E-state index is 12.8. The van der Waals surface area contributed by atoms with Crippen LogP contribution < -0.4 is 10.1 Å². The Balaban J connectivity index is 1.69. The van der Waals surface area contributed by atoms with E-state index in [1.54, 1.807) is 12.3 Å². The predicted molar refractivity (Wildman–Crippen MR) is 93.9 cm³/mol. The third kappa shape index (κ3) is 7.40. The maximum Gasteiger partial charge on any atom is 0.344 e. The number of esters is 2. The molecule has 144 valence electrons. The molecular weight excluding hydrogens is 379 g/mol. The van der Waals surface area contributed by atoms with Gasteiger partial charge in [-0.05, 0) is 31.2 Å². The maximum atomic E-state index is 12.8. The number of benzene rings is 1. The topological polar surface area (TPSA) is 104 Å². The van der Waals surface area contributed by atoms with E-state index in [-0.39, 0.29) is 18.2 Å². The zero-order valence-electron chi connectivity index (χ0n) is 14.4. The van der Waals surface area contributed by atoms with Gasteiger partial charge >= 0.3 is 11.9 Å². The van der Waals surface area contributed by atoms with Crippen molar-refractivity contribution < 1.29 is 33.0 Å². The lowest BCUT2D eigenvalue weighted by molar-refractivity contribution is -0.149. The SMILES string of the molecule is CCOC(=O)Cc1csc(NC(=O)COC(=O)COc2ccc(F)cc2)n1. The van der Waals surface area contributed by atoms with Crippen LogP contribution >= 0.6 is 11.3 Å². The molecule has 0 atom stereocenters. The van der Waals surface area contributed by atoms with E-state index in [2.05, 4.69) is 10.3 Å². The third-order valence-corrected chi connectivity index (χ3v) is 3.77. The fourth-order valence-corrected chi connectivity index (χ4v) is 2.55. The number of hydrogen-bond donors (Lipinski definition) is 1. The summed E-state index contributed by atoms with van der Waals surface area (Å²) in [7, 11) is 0. The van der Waals surface area contributed by atoms with Gasteiger partial charge in [-0.25, -0.2) is 14.2 Å². The molecule has 0 unspecified atom stereocenters. The average molecular weight is 396 g/mol. The first-order chi connectivity index (χ1) is 13.0. The van der Waals surface area contributed by atoms with Crippen molar-refractivity contribution in [1.82, 2.24) is 4.98 Å². The standard InChI is InChI=1S/C17H17FN2O6S/c1-2-24-15(22)7-12-10-27-17(19-12)20-14(21)8-26-16(23)9-25-13-5-3-11(18)4-6-13/h3-6,10H,2,7-9H2,1H3,(H,19,20,21). The Morgan fingerprint density at radius 1 is 1.11 bits per heavy atom. The summed E-state index contributed by atoms with van der Waals surface area (Å²) in [6.45, 7) is 1.05. The van der Waals surface area contributed by atoms with E-state index in [9.17, 15) is 18.8 Å². The average Bonchev–Trinajstić information content (AvgIpc) is 3.06. The Morgan fingerprint density at radius 2 is 1.85 bits per heavy atom. The molecule has 0 aliphatic rings. The molecule has 0 saturated heterocycles. The second kappa shape index (κ2) is 10.2. The lowest BCUT2D eigenvalue weighted by Crippen LogP contribution is -2.23. The number of nitrogens with zero attached hydrogens (tertiary/aromatic N) is 1. The van der Waals surface area contributed by atoms with Crippen molar-refractivity contribution in [1.29, 1.82) is 0 Å². The molecule has 1 amide bonds. The molecule has 0 fully saturated rings. The van der Waals surface area contributed by atoms with Crippen LogP contribution in [-0.4, -0.2) is 42.7 Å². The van der Waals surface area contributed by atoms with Crippen LogP contribution in [0.25, 0.3) is 0 Å². The molecule has 10 heteroatoms. The highest BCUT2D eigenvalue weighted by Gasteiger charge is 2.12. The van der Waals surface area contributed by atoms with E-state index in [0.29, 0.717) is 11.4 Å². The number of amides is 1. The van der Waals surface area contributed by atoms with Crippen LogP contribution in [0.5, 0.6) is 5.75 Å². The number of carbonyl (C=O) groups excluding carboxylic acids is 3. The number of nitrogens with one attached hydrogen (secondary N) is 1. The number of anilines is 1. The molecule has 2 aromatic rings. The fourth-order valence-electron chi connectivity index (χ4n) is 1.82. The summed E-state index contributed by atoms with van der Waals surface area (Å²) >= 11 is 1.13. The van der Waals surface area contributed by atoms with Crippen molar-refractivity contribution in [3.05, 3.63) is 41.2 Å². The Morgan fingerprint density at radius 3 is 2.56 bits per heavy atom. The first kappa shape index (κ1) is 20.3. The third-order valence-electron chi connectivity index (χ3n) is 2.96. The van der Waals surface area contributed by atoms with E-state index in [0.717, 1.165) is 11.3 Å². The van der Waals surface area contributed by atoms with E-state index < -0.39 is 36.9 Å². The summed E-state index contributed by atoms with van der Waals surface area (Å²) in [5.74, 6) is -1.86. The molecule has 0 aliphatic carbocycles. The second-order valence-electron chi connectivity index (χ2n) is 5.08. The first-order valence-corrected chi connectivity index (χ1v) is 8.78. The van der Waals surface area contributed by atoms with Gasteiger partial charge in [0.1, 0.15) is 11.6 Å². The Bertz CT molecular complexity index is 793. The number of aromatic nitrogens is 1. The largest absolute Gasteiger partial charge is 0.482 e. The Hall–Kier alpha value is -3.01. The summed E-state index contributed by atoms with van der Waals surface area (Å²) in [5.41, 5.74) is 0.471. The van der Waals surface area contributed by atoms with Gasteiger partial charge in [-0.1, -0.05) is 0 Å². The molecule has 1 aromatic carbocycles. The fraction of sp³-hybridized carbons (Fsp3) is 0.294. The van der Waals surface area contributed by atoms with Crippen molar-refractivity contribution in [3.8, 4) is 5.75 Å². The molecule has 2 rings (SSSR count). The smallest absolute Gasteiger partial charge is 0.344 e. The van der Waals surface area contributed by atoms with Crippen molar-refractivity contribution in [2.75, 3.05) is 25.1 Å². The normalized spacial score (nSPS) is 10.1. The second-order valence-corrected chi connectivity index (χ2v) is 5.94. The van der Waals surface area contributed by atoms with Crippen molar-refractivity contribution in [2.24, 2.45) is 0 Å². The monoisotopic (exact) mass is 396 g/mol. The summed E-state index contributed by atoms with van der Waals surface area (Å²) in [6.07, 6.45) is 0.00984. The molecule has 1 N–H and O–H groups in total. The molecular formula is C17H17FN2O6S. The zero-order chi connectivity index (χ0) is 19.6. The van der Waals surface area contributed by atoms with Crippen LogP contribution in [-0.2, 0) is 30.3 Å². The number of ether oxygens (including phenoxy) is 3. The minimum Gasteiger partial charge on any atom is -0.482 e. The van der Waals surface area contributed by atoms with Crippen LogP contribution in [0.4, 0.5) is 9.52 Å². The van der Waals surface area contributed by atoms with Gasteiger partial charge in [0.05, 0.1) is 18.7 Å². The molecule has 8 nitrogen and oxygen atoms in total. The van der Waals surface area contributed by atoms with Crippen LogP contribution in [0.1, 0.15) is 12.6 Å². The predicted octanol–water partition coefficient (Wildman–Crippen LogP) is 1.95. The number of rotatable bonds is 9. The van der Waals surface area contributed by atoms with Gasteiger partial charge in [-0.2, -0.15) is 0 Å². The highest BCUT2D eigenvalue weighted by molar-refractivity contribution is 7.13. The molecule has 1 heterocycles. The number of halogens is 1. The van der Waals surface area contributed by atoms with Gasteiger partial charge in [0.25, 0.3) is 5.91 Å². The van der Waals surface area contributed by atoms with Crippen LogP contribution in [0, 0.1) is 5.82 Å². The van der Waals surface area contributed by atoms with E-state index in [1.165, 1.54) is 24.3 Å². The zero-order valence-corrected chi connectivity index (χ0v) is 15.2. The first-order valence-electron chi connectivity index (χ1n) is 7.90. The molecule has 1 aromatic heterocycles. The minimum atomic E-state index is -0.753. The molecule has 0 spiro atoms. The number of thiazole rings is 1. The van der Waals surface area contributed by atoms with Gasteiger partial charge in [-0.3, -0.25) is 14.9 Å². The molecule has 0 bridgehead atoms. The molecule has 0 saturated carbocycles. The summed E-state index contributed by atoms with van der Waals surface area (Å²) in [6, 6.07) is 5.12. The van der Waals surface area contributed by atoms with Gasteiger partial charge in [0, 0.05) is 5.38 Å². The van der Waals surface area contributed by atoms with Crippen molar-refractivity contribution in [2.45, 2.75) is 13.3 Å². The van der Waals surface area contributed by atoms with Crippen LogP contribution in [0.2, 0.25) is 0 Å². The van der Waals surface area contributed by atoms with Crippen LogP contribution in [0.15, 0.2) is 29.6 Å². The van der Waals surface area contributed by atoms with Gasteiger partial charge in [-0.15, -0.1) is 11.3 Å². The highest BCUT2D eigenvalue weighted by Crippen LogP contribution is 2.16. The van der Waals surface area contributed by atoms with E-state index in [1.807, 2.05) is 0 Å². The van der Waals surface area contributed by atoms with Gasteiger partial charge in [0.2, 0.25) is 0 Å². The molecule has 0 radical (unpaired) electrons. The van der Waals surface area contributed by atoms with Gasteiger partial charge < -0.3 is 14.2 Å².